The van der Waals surface area contributed by atoms with E-state index in [0.717, 1.165) is 29.9 Å². The van der Waals surface area contributed by atoms with Crippen molar-refractivity contribution >= 4 is 28.3 Å². The number of rotatable bonds is 4. The Morgan fingerprint density at radius 2 is 1.68 bits per heavy atom. The van der Waals surface area contributed by atoms with E-state index in [-0.39, 0.29) is 5.91 Å². The quantitative estimate of drug-likeness (QED) is 0.463. The average Bonchev–Trinajstić information content (AvgIpc) is 3.34. The summed E-state index contributed by atoms with van der Waals surface area (Å²) in [4.78, 5) is 27.7. The summed E-state index contributed by atoms with van der Waals surface area (Å²) in [5.74, 6) is -0.217. The largest absolute Gasteiger partial charge is 0.422 e. The van der Waals surface area contributed by atoms with Gasteiger partial charge in [-0.25, -0.2) is 4.79 Å². The van der Waals surface area contributed by atoms with Crippen molar-refractivity contribution in [2.75, 3.05) is 23.3 Å². The van der Waals surface area contributed by atoms with Gasteiger partial charge in [0.25, 0.3) is 5.91 Å². The first-order valence-corrected chi connectivity index (χ1v) is 10.5. The lowest BCUT2D eigenvalue weighted by atomic mass is 10.0. The van der Waals surface area contributed by atoms with E-state index in [1.165, 1.54) is 12.8 Å². The second-order valence-corrected chi connectivity index (χ2v) is 7.76. The topological polar surface area (TPSA) is 62.6 Å². The second-order valence-electron chi connectivity index (χ2n) is 7.76. The predicted molar refractivity (Wildman–Crippen MR) is 124 cm³/mol. The van der Waals surface area contributed by atoms with Gasteiger partial charge in [-0.2, -0.15) is 0 Å². The highest BCUT2D eigenvalue weighted by atomic mass is 16.4. The molecular formula is C26H22N2O3. The fourth-order valence-electron chi connectivity index (χ4n) is 4.05. The van der Waals surface area contributed by atoms with E-state index in [1.807, 2.05) is 42.5 Å². The van der Waals surface area contributed by atoms with Gasteiger partial charge in [-0.1, -0.05) is 36.4 Å². The molecule has 0 bridgehead atoms. The molecule has 0 radical (unpaired) electrons. The van der Waals surface area contributed by atoms with Crippen LogP contribution in [0.15, 0.2) is 88.1 Å². The lowest BCUT2D eigenvalue weighted by molar-refractivity contribution is 0.102. The Kier molecular flexibility index (Phi) is 5.00. The maximum absolute atomic E-state index is 12.9. The van der Waals surface area contributed by atoms with E-state index in [0.29, 0.717) is 22.3 Å². The van der Waals surface area contributed by atoms with Gasteiger partial charge in [0.05, 0.1) is 5.56 Å². The molecule has 1 amide bonds. The first kappa shape index (κ1) is 19.1. The number of para-hydroxylation sites is 1. The van der Waals surface area contributed by atoms with Crippen LogP contribution < -0.4 is 15.8 Å². The van der Waals surface area contributed by atoms with Gasteiger partial charge < -0.3 is 14.6 Å². The highest BCUT2D eigenvalue weighted by molar-refractivity contribution is 6.05. The van der Waals surface area contributed by atoms with Crippen LogP contribution >= 0.6 is 0 Å². The number of amides is 1. The molecule has 0 spiro atoms. The summed E-state index contributed by atoms with van der Waals surface area (Å²) in [6.45, 7) is 2.10. The van der Waals surface area contributed by atoms with E-state index in [1.54, 1.807) is 30.3 Å². The first-order chi connectivity index (χ1) is 15.2. The molecule has 1 N–H and O–H groups in total. The van der Waals surface area contributed by atoms with Gasteiger partial charge >= 0.3 is 5.63 Å². The van der Waals surface area contributed by atoms with Gasteiger partial charge in [0.2, 0.25) is 0 Å². The minimum atomic E-state index is -0.422. The molecule has 1 aliphatic rings. The lowest BCUT2D eigenvalue weighted by Gasteiger charge is -2.18. The molecule has 2 heterocycles. The highest BCUT2D eigenvalue weighted by Crippen LogP contribution is 2.25. The van der Waals surface area contributed by atoms with Gasteiger partial charge in [-0.05, 0) is 60.9 Å². The van der Waals surface area contributed by atoms with Crippen LogP contribution in [-0.2, 0) is 0 Å². The van der Waals surface area contributed by atoms with Crippen molar-refractivity contribution in [1.29, 1.82) is 0 Å². The molecule has 1 aromatic heterocycles. The summed E-state index contributed by atoms with van der Waals surface area (Å²) in [7, 11) is 0. The molecule has 5 rings (SSSR count). The first-order valence-electron chi connectivity index (χ1n) is 10.5. The van der Waals surface area contributed by atoms with Crippen LogP contribution in [-0.4, -0.2) is 19.0 Å². The molecule has 0 unspecified atom stereocenters. The SMILES string of the molecule is O=C(Nc1cccc(N2CCCC2)c1)c1cccc(-c2cc3ccccc3oc2=O)c1. The van der Waals surface area contributed by atoms with E-state index >= 15 is 0 Å². The Labute approximate surface area is 179 Å². The minimum Gasteiger partial charge on any atom is -0.422 e. The van der Waals surface area contributed by atoms with Crippen LogP contribution in [0, 0.1) is 0 Å². The summed E-state index contributed by atoms with van der Waals surface area (Å²) >= 11 is 0. The van der Waals surface area contributed by atoms with Crippen molar-refractivity contribution in [2.45, 2.75) is 12.8 Å². The molecule has 0 aliphatic carbocycles. The third kappa shape index (κ3) is 3.94. The Morgan fingerprint density at radius 3 is 2.55 bits per heavy atom. The van der Waals surface area contributed by atoms with Crippen LogP contribution in [0.2, 0.25) is 0 Å². The van der Waals surface area contributed by atoms with Crippen LogP contribution in [0.4, 0.5) is 11.4 Å². The summed E-state index contributed by atoms with van der Waals surface area (Å²) in [5, 5.41) is 3.82. The molecule has 4 aromatic rings. The summed E-state index contributed by atoms with van der Waals surface area (Å²) in [5.41, 5.74) is 3.57. The number of carbonyl (C=O) groups is 1. The zero-order chi connectivity index (χ0) is 21.2. The number of hydrogen-bond acceptors (Lipinski definition) is 4. The molecule has 5 nitrogen and oxygen atoms in total. The molecule has 31 heavy (non-hydrogen) atoms. The maximum atomic E-state index is 12.9. The molecule has 1 fully saturated rings. The summed E-state index contributed by atoms with van der Waals surface area (Å²) in [6, 6.07) is 24.2. The average molecular weight is 410 g/mol. The maximum Gasteiger partial charge on any atom is 0.344 e. The van der Waals surface area contributed by atoms with Crippen LogP contribution in [0.5, 0.6) is 0 Å². The zero-order valence-corrected chi connectivity index (χ0v) is 17.0. The molecule has 1 saturated heterocycles. The third-order valence-corrected chi connectivity index (χ3v) is 5.65. The smallest absolute Gasteiger partial charge is 0.344 e. The van der Waals surface area contributed by atoms with Crippen LogP contribution in [0.25, 0.3) is 22.1 Å². The van der Waals surface area contributed by atoms with Gasteiger partial charge in [0.1, 0.15) is 5.58 Å². The normalized spacial score (nSPS) is 13.5. The minimum absolute atomic E-state index is 0.217. The third-order valence-electron chi connectivity index (χ3n) is 5.65. The molecule has 0 saturated carbocycles. The molecule has 0 atom stereocenters. The number of fused-ring (bicyclic) bond motifs is 1. The number of anilines is 2. The molecule has 1 aliphatic heterocycles. The van der Waals surface area contributed by atoms with E-state index < -0.39 is 5.63 Å². The fraction of sp³-hybridized carbons (Fsp3) is 0.154. The van der Waals surface area contributed by atoms with Crippen LogP contribution in [0.1, 0.15) is 23.2 Å². The summed E-state index contributed by atoms with van der Waals surface area (Å²) < 4.78 is 5.44. The van der Waals surface area contributed by atoms with Crippen molar-refractivity contribution in [3.05, 3.63) is 94.8 Å². The number of nitrogens with zero attached hydrogens (tertiary/aromatic N) is 1. The van der Waals surface area contributed by atoms with Crippen molar-refractivity contribution in [1.82, 2.24) is 0 Å². The zero-order valence-electron chi connectivity index (χ0n) is 17.0. The van der Waals surface area contributed by atoms with E-state index in [4.69, 9.17) is 4.42 Å². The van der Waals surface area contributed by atoms with Crippen molar-refractivity contribution in [3.63, 3.8) is 0 Å². The lowest BCUT2D eigenvalue weighted by Crippen LogP contribution is -2.18. The number of benzene rings is 3. The number of hydrogen-bond donors (Lipinski definition) is 1. The number of carbonyl (C=O) groups excluding carboxylic acids is 1. The molecule has 5 heteroatoms. The Hall–Kier alpha value is -3.86. The fourth-order valence-corrected chi connectivity index (χ4v) is 4.05. The Morgan fingerprint density at radius 1 is 0.871 bits per heavy atom. The van der Waals surface area contributed by atoms with Gasteiger partial charge in [-0.15, -0.1) is 0 Å². The van der Waals surface area contributed by atoms with E-state index in [2.05, 4.69) is 16.3 Å². The monoisotopic (exact) mass is 410 g/mol. The van der Waals surface area contributed by atoms with Gasteiger partial charge in [0.15, 0.2) is 0 Å². The molecular weight excluding hydrogens is 388 g/mol. The Balaban J connectivity index is 1.42. The van der Waals surface area contributed by atoms with Gasteiger partial charge in [-0.3, -0.25) is 4.79 Å². The predicted octanol–water partition coefficient (Wildman–Crippen LogP) is 5.31. The molecule has 154 valence electrons. The van der Waals surface area contributed by atoms with Crippen molar-refractivity contribution in [2.24, 2.45) is 0 Å². The number of nitrogens with one attached hydrogen (secondary N) is 1. The summed E-state index contributed by atoms with van der Waals surface area (Å²) in [6.07, 6.45) is 2.40. The van der Waals surface area contributed by atoms with Crippen molar-refractivity contribution in [3.8, 4) is 11.1 Å². The van der Waals surface area contributed by atoms with Crippen molar-refractivity contribution < 1.29 is 9.21 Å². The van der Waals surface area contributed by atoms with E-state index in [9.17, 15) is 9.59 Å². The second kappa shape index (κ2) is 8.11. The highest BCUT2D eigenvalue weighted by Gasteiger charge is 2.14. The molecule has 3 aromatic carbocycles. The Bertz CT molecular complexity index is 1320. The van der Waals surface area contributed by atoms with Crippen LogP contribution in [0.3, 0.4) is 0 Å². The standard InChI is InChI=1S/C26H22N2O3/c29-25(27-21-10-6-11-22(17-21)28-13-3-4-14-28)20-9-5-8-18(15-20)23-16-19-7-1-2-12-24(19)31-26(23)30/h1-2,5-12,15-17H,3-4,13-14H2,(H,27,29). The van der Waals surface area contributed by atoms with Gasteiger partial charge in [0, 0.05) is 35.4 Å².